The van der Waals surface area contributed by atoms with Crippen LogP contribution in [0.25, 0.3) is 17.2 Å². The second kappa shape index (κ2) is 22.1. The van der Waals surface area contributed by atoms with Crippen LogP contribution in [0.2, 0.25) is 0 Å². The number of dihydropyridines is 1. The average molecular weight is 1260 g/mol. The summed E-state index contributed by atoms with van der Waals surface area (Å²) in [5.74, 6) is 11.3. The van der Waals surface area contributed by atoms with Gasteiger partial charge in [0.15, 0.2) is 0 Å². The SMILES string of the molecule is O=C(O)[C@@H]1CCC(=CO)[C@H](C2CCCCC2)CCCNC2=CC=C(CN2)c2cccc(c2)[C@@H]2CC#CC[C@@]34CC=C[C@@]56C=C7C2=c2ccccc2=C[C@H]7[C@@](CC[C@@H]3O)(C2=C(C5)[C@]3([C@@H]5CC[C@]7(C[C@H]8C[C@@H]9c%10ccccc%10CC[C@H]9C[C@H]8C7)C5)[C@@H]5CCC[C@@]3(CC2)[C@@H]1[C@@H]5O)C64. The van der Waals surface area contributed by atoms with Gasteiger partial charge >= 0.3 is 5.97 Å². The molecule has 7 fully saturated rings. The third kappa shape index (κ3) is 8.32. The maximum absolute atomic E-state index is 15.0. The maximum Gasteiger partial charge on any atom is 0.306 e. The van der Waals surface area contributed by atoms with Crippen LogP contribution in [0, 0.1) is 109 Å². The van der Waals surface area contributed by atoms with Crippen molar-refractivity contribution in [2.75, 3.05) is 13.1 Å². The van der Waals surface area contributed by atoms with Crippen molar-refractivity contribution >= 4 is 23.2 Å². The van der Waals surface area contributed by atoms with E-state index in [2.05, 4.69) is 132 Å². The summed E-state index contributed by atoms with van der Waals surface area (Å²) in [6.07, 6.45) is 45.6. The molecule has 4 spiro atoms. The van der Waals surface area contributed by atoms with E-state index in [0.717, 1.165) is 126 Å². The van der Waals surface area contributed by atoms with E-state index in [0.29, 0.717) is 43.4 Å². The zero-order valence-electron chi connectivity index (χ0n) is 55.7. The molecule has 3 aromatic rings. The van der Waals surface area contributed by atoms with Crippen LogP contribution in [0.15, 0.2) is 138 Å². The molecule has 22 rings (SSSR count). The Morgan fingerprint density at radius 1 is 0.723 bits per heavy atom. The lowest BCUT2D eigenvalue weighted by Crippen LogP contribution is -2.69. The lowest BCUT2D eigenvalue weighted by molar-refractivity contribution is -0.174. The van der Waals surface area contributed by atoms with Crippen LogP contribution < -0.4 is 21.1 Å². The number of aryl methyl sites for hydroxylation is 1. The predicted octanol–water partition coefficient (Wildman–Crippen LogP) is 16.0. The van der Waals surface area contributed by atoms with Crippen molar-refractivity contribution in [3.8, 4) is 11.8 Å². The molecule has 6 N–H and O–H groups in total. The molecule has 7 heteroatoms. The number of aliphatic hydroxyl groups is 3. The highest BCUT2D eigenvalue weighted by Crippen LogP contribution is 2.86. The lowest BCUT2D eigenvalue weighted by atomic mass is 9.29. The fourth-order valence-corrected chi connectivity index (χ4v) is 28.7. The molecule has 4 aliphatic heterocycles. The topological polar surface area (TPSA) is 122 Å². The summed E-state index contributed by atoms with van der Waals surface area (Å²) in [4.78, 5) is 15.0. The number of rotatable bonds is 3. The summed E-state index contributed by atoms with van der Waals surface area (Å²) in [5.41, 5.74) is 12.8. The quantitative estimate of drug-likeness (QED) is 0.0877. The third-order valence-electron chi connectivity index (χ3n) is 31.5. The standard InChI is InChI=1S/C87H102N2O5/c90-52-60-27-29-68(80(93)94)78-79(92)72-24-11-37-85(78)39-32-71-74(87(72,85)63-31-38-82(48-63)46-61-43-58-26-25-54-16-4-6-20-65(54)69(58)44-62(61)47-82)50-83-34-13-36-84-35-9-8-22-66(77-67-21-7-5-17-57(67)45-73(70(77)49-83)86(71,81(83)84)40-33-75(84)91)56-19-10-18-55(42-56)59-28-30-76(89-51-59)88-41-12-23-64(60)53-14-2-1-3-15-53/h4-7,10,13,16-21,28,30,34,42,45,49,52-53,58,61-64,66,68-69,72-73,75,78-79,81,88-92H,1-3,11-12,14-15,22-27,29,31-33,35-41,43-44,46-48,50-51H2,(H,93,94)/t58-,61-,62+,63+,64-,66-,68+,69-,72+,73+,75-,78-,79+,81?,82-,83+,84+,85+,86+,87-/m0/s1. The van der Waals surface area contributed by atoms with Gasteiger partial charge in [-0.15, -0.1) is 11.8 Å². The molecule has 7 saturated carbocycles. The zero-order valence-corrected chi connectivity index (χ0v) is 55.7. The Morgan fingerprint density at radius 2 is 1.60 bits per heavy atom. The van der Waals surface area contributed by atoms with Crippen LogP contribution >= 0.6 is 0 Å². The van der Waals surface area contributed by atoms with Gasteiger partial charge < -0.3 is 31.1 Å². The molecule has 94 heavy (non-hydrogen) atoms. The Kier molecular flexibility index (Phi) is 14.0. The van der Waals surface area contributed by atoms with Crippen LogP contribution in [-0.4, -0.2) is 51.7 Å². The second-order valence-electron chi connectivity index (χ2n) is 34.6. The predicted molar refractivity (Wildman–Crippen MR) is 372 cm³/mol. The molecule has 15 aliphatic carbocycles. The Hall–Kier alpha value is -5.81. The average Bonchev–Trinajstić information content (AvgIpc) is 1.27. The van der Waals surface area contributed by atoms with Crippen LogP contribution in [-0.2, 0) is 11.2 Å². The highest BCUT2D eigenvalue weighted by atomic mass is 16.4. The van der Waals surface area contributed by atoms with Gasteiger partial charge in [0.2, 0.25) is 0 Å². The molecule has 0 saturated heterocycles. The van der Waals surface area contributed by atoms with E-state index in [4.69, 9.17) is 0 Å². The van der Waals surface area contributed by atoms with Crippen LogP contribution in [0.1, 0.15) is 214 Å². The highest BCUT2D eigenvalue weighted by molar-refractivity contribution is 5.80. The summed E-state index contributed by atoms with van der Waals surface area (Å²) < 4.78 is 0. The second-order valence-corrected chi connectivity index (χ2v) is 34.6. The smallest absolute Gasteiger partial charge is 0.306 e. The Bertz CT molecular complexity index is 4030. The molecular formula is C87H102N2O5. The zero-order chi connectivity index (χ0) is 62.9. The van der Waals surface area contributed by atoms with Gasteiger partial charge in [0.1, 0.15) is 0 Å². The Morgan fingerprint density at radius 3 is 2.47 bits per heavy atom. The molecule has 490 valence electrons. The van der Waals surface area contributed by atoms with Crippen LogP contribution in [0.3, 0.4) is 0 Å². The molecule has 0 amide bonds. The number of allylic oxidation sites excluding steroid dienone is 9. The number of aliphatic carboxylic acids is 1. The van der Waals surface area contributed by atoms with E-state index < -0.39 is 40.3 Å². The Balaban J connectivity index is 0.819. The van der Waals surface area contributed by atoms with E-state index in [9.17, 15) is 20.4 Å². The lowest BCUT2D eigenvalue weighted by Gasteiger charge is -2.74. The van der Waals surface area contributed by atoms with E-state index in [1.165, 1.54) is 122 Å². The van der Waals surface area contributed by atoms with Gasteiger partial charge in [-0.1, -0.05) is 140 Å². The highest BCUT2D eigenvalue weighted by Gasteiger charge is 2.81. The molecule has 7 nitrogen and oxygen atoms in total. The van der Waals surface area contributed by atoms with E-state index in [-0.39, 0.29) is 51.8 Å². The van der Waals surface area contributed by atoms with E-state index in [1.807, 2.05) is 0 Å². The van der Waals surface area contributed by atoms with Crippen molar-refractivity contribution in [1.29, 1.82) is 0 Å². The molecule has 1 unspecified atom stereocenters. The molecule has 18 bridgehead atoms. The molecular weight excluding hydrogens is 1150 g/mol. The molecule has 4 heterocycles. The van der Waals surface area contributed by atoms with Gasteiger partial charge in [0.05, 0.1) is 30.2 Å². The molecule has 3 aromatic carbocycles. The van der Waals surface area contributed by atoms with Gasteiger partial charge in [-0.25, -0.2) is 0 Å². The van der Waals surface area contributed by atoms with Crippen molar-refractivity contribution in [3.05, 3.63) is 170 Å². The van der Waals surface area contributed by atoms with Gasteiger partial charge in [-0.3, -0.25) is 4.79 Å². The van der Waals surface area contributed by atoms with Crippen LogP contribution in [0.5, 0.6) is 0 Å². The van der Waals surface area contributed by atoms with Crippen LogP contribution in [0.4, 0.5) is 0 Å². The largest absolute Gasteiger partial charge is 0.516 e. The maximum atomic E-state index is 15.0. The monoisotopic (exact) mass is 1250 g/mol. The molecule has 19 aliphatic rings. The van der Waals surface area contributed by atoms with Crippen molar-refractivity contribution < 1.29 is 25.2 Å². The van der Waals surface area contributed by atoms with Crippen molar-refractivity contribution in [2.24, 2.45) is 97.6 Å². The summed E-state index contributed by atoms with van der Waals surface area (Å²) in [7, 11) is 0. The minimum absolute atomic E-state index is 0.0170. The first-order valence-electron chi connectivity index (χ1n) is 38.4. The fourth-order valence-electron chi connectivity index (χ4n) is 28.7. The van der Waals surface area contributed by atoms with Gasteiger partial charge in [-0.05, 0) is 273 Å². The molecule has 0 radical (unpaired) electrons. The number of aliphatic hydroxyl groups excluding tert-OH is 3. The summed E-state index contributed by atoms with van der Waals surface area (Å²) >= 11 is 0. The number of nitrogens with one attached hydrogen (secondary N) is 2. The number of hydrogen-bond acceptors (Lipinski definition) is 6. The van der Waals surface area contributed by atoms with Crippen molar-refractivity contribution in [1.82, 2.24) is 10.6 Å². The first-order valence-corrected chi connectivity index (χ1v) is 38.4. The summed E-state index contributed by atoms with van der Waals surface area (Å²) in [5, 5.41) is 61.8. The number of fused-ring (bicyclic) bond motifs is 9. The van der Waals surface area contributed by atoms with Crippen molar-refractivity contribution in [3.63, 3.8) is 0 Å². The molecule has 0 aromatic heterocycles. The van der Waals surface area contributed by atoms with E-state index in [1.54, 1.807) is 22.3 Å². The third-order valence-corrected chi connectivity index (χ3v) is 31.5. The Labute approximate surface area is 559 Å². The first kappa shape index (κ1) is 59.5. The number of carboxylic acid groups (broad SMARTS) is 1. The number of hydrogen-bond donors (Lipinski definition) is 6. The summed E-state index contributed by atoms with van der Waals surface area (Å²) in [6, 6.07) is 28.3. The fraction of sp³-hybridized carbons (Fsp3) is 0.598. The van der Waals surface area contributed by atoms with E-state index >= 15 is 4.79 Å². The minimum Gasteiger partial charge on any atom is -0.516 e. The summed E-state index contributed by atoms with van der Waals surface area (Å²) in [6.45, 7) is 1.53. The molecule has 20 atom stereocenters. The number of benzene rings is 3. The number of carboxylic acids is 1. The van der Waals surface area contributed by atoms with Gasteiger partial charge in [0, 0.05) is 65.3 Å². The number of carbonyl (C=O) groups is 1. The van der Waals surface area contributed by atoms with Gasteiger partial charge in [0.25, 0.3) is 0 Å². The van der Waals surface area contributed by atoms with Gasteiger partial charge in [-0.2, -0.15) is 0 Å². The minimum atomic E-state index is -0.739. The normalized spacial score (nSPS) is 44.1. The first-order chi connectivity index (χ1) is 46.0. The van der Waals surface area contributed by atoms with Crippen molar-refractivity contribution in [2.45, 2.75) is 210 Å².